The Labute approximate surface area is 437 Å². The summed E-state index contributed by atoms with van der Waals surface area (Å²) in [6.45, 7) is 4.87. The second-order valence-corrected chi connectivity index (χ2v) is 24.3. The van der Waals surface area contributed by atoms with Gasteiger partial charge in [-0.3, -0.25) is 13.8 Å². The van der Waals surface area contributed by atoms with Crippen molar-refractivity contribution in [3.8, 4) is 0 Å². The van der Waals surface area contributed by atoms with Crippen LogP contribution in [0.4, 0.5) is 0 Å². The first-order valence-electron chi connectivity index (χ1n) is 31.1. The number of rotatable bonds is 58. The van der Waals surface area contributed by atoms with E-state index in [1.54, 1.807) is 6.08 Å². The number of phosphoric acid groups is 1. The molecule has 0 fully saturated rings. The van der Waals surface area contributed by atoms with Crippen molar-refractivity contribution in [2.24, 2.45) is 0 Å². The molecule has 9 heteroatoms. The maximum atomic E-state index is 13.0. The number of aliphatic hydroxyl groups is 1. The number of likely N-dealkylation sites (N-methyl/N-ethyl adjacent to an activating group) is 1. The molecule has 418 valence electrons. The third-order valence-electron chi connectivity index (χ3n) is 14.5. The summed E-state index contributed by atoms with van der Waals surface area (Å²) in [5.74, 6) is -0.169. The summed E-state index contributed by atoms with van der Waals surface area (Å²) in [5, 5.41) is 13.9. The third kappa shape index (κ3) is 55.0. The van der Waals surface area contributed by atoms with Crippen LogP contribution in [0, 0.1) is 0 Å². The number of phosphoric ester groups is 1. The lowest BCUT2D eigenvalue weighted by atomic mass is 10.0. The lowest BCUT2D eigenvalue weighted by molar-refractivity contribution is -0.870. The summed E-state index contributed by atoms with van der Waals surface area (Å²) in [4.78, 5) is 23.3. The highest BCUT2D eigenvalue weighted by Gasteiger charge is 2.27. The summed E-state index contributed by atoms with van der Waals surface area (Å²) in [5.41, 5.74) is 0. The molecule has 0 bridgehead atoms. The molecule has 70 heavy (non-hydrogen) atoms. The Morgan fingerprint density at radius 1 is 0.471 bits per heavy atom. The Hall–Kier alpha value is -0.760. The maximum Gasteiger partial charge on any atom is 0.472 e. The van der Waals surface area contributed by atoms with E-state index >= 15 is 0 Å². The monoisotopic (exact) mass is 1010 g/mol. The van der Waals surface area contributed by atoms with E-state index in [0.717, 1.165) is 32.1 Å². The number of allylic oxidation sites excluding steroid dienone is 1. The minimum atomic E-state index is -4.34. The van der Waals surface area contributed by atoms with Gasteiger partial charge in [0.25, 0.3) is 0 Å². The van der Waals surface area contributed by atoms with Gasteiger partial charge in [0.15, 0.2) is 0 Å². The van der Waals surface area contributed by atoms with Crippen LogP contribution in [0.1, 0.15) is 322 Å². The zero-order chi connectivity index (χ0) is 51.3. The van der Waals surface area contributed by atoms with Gasteiger partial charge >= 0.3 is 7.82 Å². The van der Waals surface area contributed by atoms with Crippen LogP contribution in [0.15, 0.2) is 12.2 Å². The molecule has 0 saturated heterocycles. The fourth-order valence-electron chi connectivity index (χ4n) is 9.63. The quantitative estimate of drug-likeness (QED) is 0.0243. The number of nitrogens with one attached hydrogen (secondary N) is 1. The first kappa shape index (κ1) is 69.2. The third-order valence-corrected chi connectivity index (χ3v) is 15.5. The molecule has 0 aromatic rings. The standard InChI is InChI=1S/C61H123N2O6P/c1-6-8-10-12-14-16-18-20-22-24-25-26-27-28-29-30-31-32-33-34-35-36-37-38-39-41-43-45-47-49-51-53-55-61(65)62-59(58-69-70(66,67)68-57-56-63(3,4)5)60(64)54-52-50-48-46-44-42-40-23-21-19-17-15-13-11-9-7-2/h52,54,59-60,64H,6-51,53,55-58H2,1-5H3,(H-,62,65,66,67)/p+1/b54-52+. The molecular formula is C61H124N2O6P+. The van der Waals surface area contributed by atoms with Gasteiger partial charge < -0.3 is 19.8 Å². The van der Waals surface area contributed by atoms with Gasteiger partial charge in [0.2, 0.25) is 5.91 Å². The summed E-state index contributed by atoms with van der Waals surface area (Å²) in [7, 11) is 1.59. The molecule has 0 radical (unpaired) electrons. The van der Waals surface area contributed by atoms with Gasteiger partial charge in [0.05, 0.1) is 39.9 Å². The molecule has 0 heterocycles. The van der Waals surface area contributed by atoms with Gasteiger partial charge in [0.1, 0.15) is 13.2 Å². The van der Waals surface area contributed by atoms with Gasteiger partial charge in [-0.05, 0) is 19.3 Å². The second-order valence-electron chi connectivity index (χ2n) is 22.8. The number of amides is 1. The van der Waals surface area contributed by atoms with Crippen molar-refractivity contribution >= 4 is 13.7 Å². The van der Waals surface area contributed by atoms with E-state index in [4.69, 9.17) is 9.05 Å². The number of aliphatic hydroxyl groups excluding tert-OH is 1. The topological polar surface area (TPSA) is 105 Å². The van der Waals surface area contributed by atoms with E-state index < -0.39 is 20.0 Å². The highest BCUT2D eigenvalue weighted by atomic mass is 31.2. The van der Waals surface area contributed by atoms with Crippen molar-refractivity contribution < 1.29 is 32.9 Å². The van der Waals surface area contributed by atoms with Crippen molar-refractivity contribution in [2.45, 2.75) is 334 Å². The van der Waals surface area contributed by atoms with Crippen LogP contribution in [0.25, 0.3) is 0 Å². The molecule has 0 aromatic heterocycles. The lowest BCUT2D eigenvalue weighted by Crippen LogP contribution is -2.45. The van der Waals surface area contributed by atoms with Gasteiger partial charge in [-0.25, -0.2) is 4.57 Å². The summed E-state index contributed by atoms with van der Waals surface area (Å²) in [6.07, 6.45) is 66.2. The summed E-state index contributed by atoms with van der Waals surface area (Å²) < 4.78 is 23.7. The Morgan fingerprint density at radius 2 is 0.757 bits per heavy atom. The highest BCUT2D eigenvalue weighted by molar-refractivity contribution is 7.47. The molecule has 0 aliphatic carbocycles. The van der Waals surface area contributed by atoms with E-state index in [-0.39, 0.29) is 19.1 Å². The van der Waals surface area contributed by atoms with Gasteiger partial charge in [0, 0.05) is 6.42 Å². The largest absolute Gasteiger partial charge is 0.472 e. The number of hydrogen-bond acceptors (Lipinski definition) is 5. The summed E-state index contributed by atoms with van der Waals surface area (Å²) in [6, 6.07) is -0.842. The van der Waals surface area contributed by atoms with Crippen molar-refractivity contribution in [3.05, 3.63) is 12.2 Å². The number of carbonyl (C=O) groups is 1. The van der Waals surface area contributed by atoms with Crippen molar-refractivity contribution in [2.75, 3.05) is 40.9 Å². The van der Waals surface area contributed by atoms with Crippen LogP contribution in [0.2, 0.25) is 0 Å². The van der Waals surface area contributed by atoms with Crippen molar-refractivity contribution in [1.29, 1.82) is 0 Å². The molecule has 1 amide bonds. The van der Waals surface area contributed by atoms with Crippen LogP contribution in [-0.4, -0.2) is 73.4 Å². The lowest BCUT2D eigenvalue weighted by Gasteiger charge is -2.25. The first-order chi connectivity index (χ1) is 34.0. The number of unbranched alkanes of at least 4 members (excludes halogenated alkanes) is 45. The predicted octanol–water partition coefficient (Wildman–Crippen LogP) is 19.0. The summed E-state index contributed by atoms with van der Waals surface area (Å²) >= 11 is 0. The average Bonchev–Trinajstić information content (AvgIpc) is 3.32. The molecule has 0 rings (SSSR count). The Bertz CT molecular complexity index is 1150. The molecule has 3 unspecified atom stereocenters. The van der Waals surface area contributed by atoms with E-state index in [0.29, 0.717) is 17.4 Å². The van der Waals surface area contributed by atoms with E-state index in [1.807, 2.05) is 27.2 Å². The number of hydrogen-bond donors (Lipinski definition) is 3. The number of quaternary nitrogens is 1. The van der Waals surface area contributed by atoms with Crippen LogP contribution in [0.3, 0.4) is 0 Å². The first-order valence-corrected chi connectivity index (χ1v) is 32.6. The minimum absolute atomic E-state index is 0.0651. The molecule has 0 aliphatic rings. The number of nitrogens with zero attached hydrogens (tertiary/aromatic N) is 1. The zero-order valence-electron chi connectivity index (χ0n) is 47.8. The molecule has 0 spiro atoms. The van der Waals surface area contributed by atoms with Gasteiger partial charge in [-0.15, -0.1) is 0 Å². The minimum Gasteiger partial charge on any atom is -0.387 e. The van der Waals surface area contributed by atoms with E-state index in [9.17, 15) is 19.4 Å². The molecule has 0 saturated carbocycles. The highest BCUT2D eigenvalue weighted by Crippen LogP contribution is 2.43. The predicted molar refractivity (Wildman–Crippen MR) is 305 cm³/mol. The van der Waals surface area contributed by atoms with Gasteiger partial charge in [-0.2, -0.15) is 0 Å². The molecule has 3 N–H and O–H groups in total. The van der Waals surface area contributed by atoms with Crippen LogP contribution < -0.4 is 5.32 Å². The molecule has 0 aromatic carbocycles. The Balaban J connectivity index is 3.99. The van der Waals surface area contributed by atoms with Crippen LogP contribution in [-0.2, 0) is 18.4 Å². The Kier molecular flexibility index (Phi) is 52.5. The number of carbonyl (C=O) groups excluding carboxylic acids is 1. The zero-order valence-corrected chi connectivity index (χ0v) is 48.7. The fourth-order valence-corrected chi connectivity index (χ4v) is 10.4. The fraction of sp³-hybridized carbons (Fsp3) is 0.951. The smallest absolute Gasteiger partial charge is 0.387 e. The SMILES string of the molecule is CCCCCCCCCCCCCCCC/C=C/C(O)C(COP(=O)(O)OCC[N+](C)(C)C)NC(=O)CCCCCCCCCCCCCCCCCCCCCCCCCCCCCCCCCC. The average molecular weight is 1010 g/mol. The molecule has 0 aliphatic heterocycles. The van der Waals surface area contributed by atoms with E-state index in [1.165, 1.54) is 270 Å². The normalized spacial score (nSPS) is 13.9. The van der Waals surface area contributed by atoms with Crippen LogP contribution in [0.5, 0.6) is 0 Å². The molecule has 3 atom stereocenters. The Morgan fingerprint density at radius 3 is 1.06 bits per heavy atom. The molecule has 8 nitrogen and oxygen atoms in total. The van der Waals surface area contributed by atoms with Crippen LogP contribution >= 0.6 is 7.82 Å². The van der Waals surface area contributed by atoms with E-state index in [2.05, 4.69) is 19.2 Å². The van der Waals surface area contributed by atoms with Crippen molar-refractivity contribution in [3.63, 3.8) is 0 Å². The van der Waals surface area contributed by atoms with Gasteiger partial charge in [-0.1, -0.05) is 309 Å². The van der Waals surface area contributed by atoms with Crippen molar-refractivity contribution in [1.82, 2.24) is 5.32 Å². The second kappa shape index (κ2) is 53.1. The molecular weight excluding hydrogens is 888 g/mol. The maximum absolute atomic E-state index is 13.0.